The van der Waals surface area contributed by atoms with Crippen molar-refractivity contribution in [2.24, 2.45) is 4.99 Å². The molecule has 8 atom stereocenters. The first-order chi connectivity index (χ1) is 23.0. The molecule has 6 N–H and O–H groups in total. The molecule has 0 spiro atoms. The van der Waals surface area contributed by atoms with E-state index < -0.39 is 140 Å². The zero-order valence-corrected chi connectivity index (χ0v) is 26.8. The van der Waals surface area contributed by atoms with Crippen LogP contribution in [0.15, 0.2) is 17.1 Å². The molecule has 1 heterocycles. The molecule has 260 valence electrons. The van der Waals surface area contributed by atoms with Crippen molar-refractivity contribution < 1.29 is 73.6 Å². The van der Waals surface area contributed by atoms with E-state index in [0.717, 1.165) is 13.2 Å². The van der Waals surface area contributed by atoms with Gasteiger partial charge in [0.1, 0.15) is 35.4 Å². The standard InChI is InChI=1S/C33H33NO15/c1-10-6-12-7-17(36)33(48-5)29(42)20-14(28(41)32(33,45)21(12)24(39)18(10)31(43)44)8-13-19(23(20)38)16(35)9-15(22(13)37)34-30-27(47-4)25(40)26(46-3)11(2)49-30/h6,8,11,17,25-27,30,36,38-40,45H,7,9H2,1-5H3,(H,43,44)/t11-,17+,25+,26-,27+,30?,32-,33+/m0/s1. The summed E-state index contributed by atoms with van der Waals surface area (Å²) in [7, 11) is 3.52. The second-order valence-corrected chi connectivity index (χ2v) is 12.5. The molecule has 1 saturated heterocycles. The van der Waals surface area contributed by atoms with Crippen LogP contribution in [0, 0.1) is 6.92 Å². The van der Waals surface area contributed by atoms with Gasteiger partial charge >= 0.3 is 5.97 Å². The Morgan fingerprint density at radius 1 is 0.959 bits per heavy atom. The summed E-state index contributed by atoms with van der Waals surface area (Å²) in [6.45, 7) is 2.94. The second kappa shape index (κ2) is 11.6. The van der Waals surface area contributed by atoms with E-state index >= 15 is 0 Å². The number of Topliss-reactive ketones (excluding diaryl/α,β-unsaturated/α-hetero) is 4. The number of phenols is 2. The highest BCUT2D eigenvalue weighted by Crippen LogP contribution is 2.56. The number of carboxylic acid groups (broad SMARTS) is 1. The van der Waals surface area contributed by atoms with E-state index in [2.05, 4.69) is 4.99 Å². The molecule has 0 bridgehead atoms. The number of carbonyl (C=O) groups excluding carboxylic acids is 4. The van der Waals surface area contributed by atoms with E-state index in [-0.39, 0.29) is 11.1 Å². The fraction of sp³-hybridized carbons (Fsp3) is 0.455. The molecule has 1 fully saturated rings. The lowest BCUT2D eigenvalue weighted by atomic mass is 9.56. The molecular weight excluding hydrogens is 650 g/mol. The van der Waals surface area contributed by atoms with Crippen molar-refractivity contribution in [1.29, 1.82) is 0 Å². The topological polar surface area (TPSA) is 256 Å². The van der Waals surface area contributed by atoms with Crippen molar-refractivity contribution in [2.75, 3.05) is 21.3 Å². The highest BCUT2D eigenvalue weighted by molar-refractivity contribution is 6.53. The van der Waals surface area contributed by atoms with Gasteiger partial charge in [0.2, 0.25) is 17.3 Å². The lowest BCUT2D eigenvalue weighted by Gasteiger charge is -2.52. The van der Waals surface area contributed by atoms with Crippen molar-refractivity contribution in [1.82, 2.24) is 0 Å². The van der Waals surface area contributed by atoms with Crippen LogP contribution in [0.25, 0.3) is 0 Å². The molecule has 1 unspecified atom stereocenters. The third-order valence-electron chi connectivity index (χ3n) is 10.0. The Hall–Kier alpha value is -4.42. The van der Waals surface area contributed by atoms with Crippen LogP contribution in [0.4, 0.5) is 0 Å². The van der Waals surface area contributed by atoms with Gasteiger partial charge in [0.15, 0.2) is 23.2 Å². The van der Waals surface area contributed by atoms with Crippen molar-refractivity contribution >= 4 is 34.8 Å². The summed E-state index contributed by atoms with van der Waals surface area (Å²) in [5, 5.41) is 66.9. The zero-order chi connectivity index (χ0) is 36.1. The highest BCUT2D eigenvalue weighted by Gasteiger charge is 2.72. The zero-order valence-electron chi connectivity index (χ0n) is 26.8. The Labute approximate surface area is 277 Å². The Balaban J connectivity index is 1.55. The molecule has 2 aromatic rings. The molecular formula is C33H33NO15. The van der Waals surface area contributed by atoms with E-state index in [0.29, 0.717) is 0 Å². The van der Waals surface area contributed by atoms with E-state index in [1.165, 1.54) is 27.2 Å². The third kappa shape index (κ3) is 4.35. The van der Waals surface area contributed by atoms with Gasteiger partial charge < -0.3 is 49.6 Å². The van der Waals surface area contributed by atoms with Gasteiger partial charge in [-0.25, -0.2) is 4.79 Å². The summed E-state index contributed by atoms with van der Waals surface area (Å²) < 4.78 is 21.9. The number of fused-ring (bicyclic) bond motifs is 5. The van der Waals surface area contributed by atoms with Crippen LogP contribution in [0.3, 0.4) is 0 Å². The number of benzene rings is 2. The molecule has 0 aromatic heterocycles. The molecule has 6 rings (SSSR count). The number of aliphatic hydroxyl groups is 3. The highest BCUT2D eigenvalue weighted by atomic mass is 16.6. The maximum absolute atomic E-state index is 14.5. The van der Waals surface area contributed by atoms with Crippen LogP contribution in [0.1, 0.15) is 81.8 Å². The number of aromatic carboxylic acids is 1. The number of aromatic hydroxyl groups is 2. The predicted molar refractivity (Wildman–Crippen MR) is 163 cm³/mol. The molecule has 16 nitrogen and oxygen atoms in total. The summed E-state index contributed by atoms with van der Waals surface area (Å²) in [5.41, 5.74) is -10.8. The van der Waals surface area contributed by atoms with Gasteiger partial charge in [-0.3, -0.25) is 24.2 Å². The number of rotatable bonds is 5. The number of methoxy groups -OCH3 is 3. The van der Waals surface area contributed by atoms with Gasteiger partial charge in [-0.2, -0.15) is 0 Å². The minimum Gasteiger partial charge on any atom is -0.507 e. The molecule has 49 heavy (non-hydrogen) atoms. The maximum atomic E-state index is 14.5. The van der Waals surface area contributed by atoms with E-state index in [1.807, 2.05) is 0 Å². The Bertz CT molecular complexity index is 1900. The van der Waals surface area contributed by atoms with Crippen LogP contribution < -0.4 is 0 Å². The smallest absolute Gasteiger partial charge is 0.339 e. The van der Waals surface area contributed by atoms with Gasteiger partial charge in [-0.1, -0.05) is 6.07 Å². The first-order valence-electron chi connectivity index (χ1n) is 15.1. The van der Waals surface area contributed by atoms with Gasteiger partial charge in [0.05, 0.1) is 35.5 Å². The lowest BCUT2D eigenvalue weighted by molar-refractivity contribution is -0.228. The largest absolute Gasteiger partial charge is 0.507 e. The number of nitrogens with zero attached hydrogens (tertiary/aromatic N) is 1. The van der Waals surface area contributed by atoms with Crippen molar-refractivity contribution in [2.45, 2.75) is 74.6 Å². The molecule has 0 saturated carbocycles. The van der Waals surface area contributed by atoms with Gasteiger partial charge in [-0.15, -0.1) is 0 Å². The number of carbonyl (C=O) groups is 5. The van der Waals surface area contributed by atoms with Crippen LogP contribution >= 0.6 is 0 Å². The summed E-state index contributed by atoms with van der Waals surface area (Å²) >= 11 is 0. The van der Waals surface area contributed by atoms with Crippen LogP contribution in [-0.4, -0.2) is 129 Å². The molecule has 16 heteroatoms. The third-order valence-corrected chi connectivity index (χ3v) is 10.0. The fourth-order valence-electron chi connectivity index (χ4n) is 7.81. The van der Waals surface area contributed by atoms with Gasteiger partial charge in [0, 0.05) is 44.4 Å². The molecule has 1 aliphatic heterocycles. The number of phenolic OH excluding ortho intramolecular Hbond substituents is 1. The normalized spacial score (nSPS) is 33.2. The van der Waals surface area contributed by atoms with Gasteiger partial charge in [-0.05, 0) is 31.0 Å². The first kappa shape index (κ1) is 34.4. The monoisotopic (exact) mass is 683 g/mol. The average Bonchev–Trinajstić information content (AvgIpc) is 3.02. The summed E-state index contributed by atoms with van der Waals surface area (Å²) in [5.74, 6) is -8.43. The van der Waals surface area contributed by atoms with Gasteiger partial charge in [0.25, 0.3) is 0 Å². The summed E-state index contributed by atoms with van der Waals surface area (Å²) in [6.07, 6.45) is -8.36. The Morgan fingerprint density at radius 3 is 2.20 bits per heavy atom. The summed E-state index contributed by atoms with van der Waals surface area (Å²) in [6, 6.07) is 2.05. The van der Waals surface area contributed by atoms with Crippen LogP contribution in [-0.2, 0) is 31.0 Å². The lowest BCUT2D eigenvalue weighted by Crippen LogP contribution is -2.73. The molecule has 2 aromatic carbocycles. The maximum Gasteiger partial charge on any atom is 0.339 e. The first-order valence-corrected chi connectivity index (χ1v) is 15.1. The van der Waals surface area contributed by atoms with Crippen molar-refractivity contribution in [3.8, 4) is 11.5 Å². The van der Waals surface area contributed by atoms with E-state index in [1.54, 1.807) is 6.92 Å². The average molecular weight is 684 g/mol. The molecule has 0 radical (unpaired) electrons. The second-order valence-electron chi connectivity index (χ2n) is 12.5. The number of aliphatic imine (C=N–C) groups is 1. The number of aliphatic hydroxyl groups excluding tert-OH is 2. The fourth-order valence-corrected chi connectivity index (χ4v) is 7.81. The minimum absolute atomic E-state index is 0.0272. The number of ether oxygens (including phenoxy) is 4. The predicted octanol–water partition coefficient (Wildman–Crippen LogP) is 0.0192. The number of carboxylic acids is 1. The molecule has 0 amide bonds. The number of ketones is 4. The quantitative estimate of drug-likeness (QED) is 0.243. The minimum atomic E-state index is -3.29. The van der Waals surface area contributed by atoms with Crippen molar-refractivity contribution in [3.05, 3.63) is 56.6 Å². The molecule has 3 aliphatic carbocycles. The van der Waals surface area contributed by atoms with Crippen molar-refractivity contribution in [3.63, 3.8) is 0 Å². The molecule has 4 aliphatic rings. The SMILES string of the molecule is CO[C@@H]1[C@@H](O)[C@@H](OC)C(N=C2CC(=O)c3c(cc4c(c3O)C(=O)[C@]3(OC)[C@H](O)Cc5cc(C)c(C(=O)O)c(O)c5[C@]3(O)C4=O)C2=O)O[C@H]1C. The number of aryl methyl sites for hydroxylation is 1. The number of hydrogen-bond acceptors (Lipinski definition) is 15. The van der Waals surface area contributed by atoms with Crippen LogP contribution in [0.5, 0.6) is 11.5 Å². The van der Waals surface area contributed by atoms with Crippen LogP contribution in [0.2, 0.25) is 0 Å². The Kier molecular flexibility index (Phi) is 8.14. The van der Waals surface area contributed by atoms with E-state index in [9.17, 15) is 54.6 Å². The Morgan fingerprint density at radius 2 is 1.61 bits per heavy atom. The van der Waals surface area contributed by atoms with E-state index in [4.69, 9.17) is 18.9 Å². The number of hydrogen-bond donors (Lipinski definition) is 6. The summed E-state index contributed by atoms with van der Waals surface area (Å²) in [4.78, 5) is 72.6.